The van der Waals surface area contributed by atoms with E-state index >= 15 is 0 Å². The lowest BCUT2D eigenvalue weighted by Crippen LogP contribution is -2.21. The van der Waals surface area contributed by atoms with Crippen LogP contribution in [0.1, 0.15) is 24.1 Å². The van der Waals surface area contributed by atoms with Gasteiger partial charge in [0.05, 0.1) is 11.9 Å². The topological polar surface area (TPSA) is 42.7 Å². The zero-order valence-electron chi connectivity index (χ0n) is 13.0. The number of aromatic nitrogens is 3. The number of hydrogen-bond acceptors (Lipinski definition) is 3. The maximum absolute atomic E-state index is 13.2. The molecular formula is C18H19FN4. The Bertz CT molecular complexity index is 738. The van der Waals surface area contributed by atoms with Crippen LogP contribution in [0.25, 0.3) is 5.69 Å². The lowest BCUT2D eigenvalue weighted by molar-refractivity contribution is 0.563. The summed E-state index contributed by atoms with van der Waals surface area (Å²) in [7, 11) is 0. The van der Waals surface area contributed by atoms with Crippen molar-refractivity contribution in [2.75, 3.05) is 6.54 Å². The molecule has 0 aliphatic carbocycles. The second-order valence-electron chi connectivity index (χ2n) is 5.48. The molecule has 2 aromatic heterocycles. The third kappa shape index (κ3) is 4.02. The highest BCUT2D eigenvalue weighted by Crippen LogP contribution is 2.13. The minimum Gasteiger partial charge on any atom is -0.310 e. The molecule has 1 N–H and O–H groups in total. The standard InChI is InChI=1S/C18H19FN4/c1-14(16-11-17(19)13-20-12-16)21-9-7-15-3-5-18(6-4-15)23-10-2-8-22-23/h2-6,8,10-14,21H,7,9H2,1H3/t14-/m0/s1. The first-order valence-corrected chi connectivity index (χ1v) is 7.65. The van der Waals surface area contributed by atoms with Crippen LogP contribution in [0.4, 0.5) is 4.39 Å². The molecule has 1 atom stereocenters. The van der Waals surface area contributed by atoms with Gasteiger partial charge in [0.15, 0.2) is 0 Å². The van der Waals surface area contributed by atoms with Gasteiger partial charge in [-0.1, -0.05) is 12.1 Å². The van der Waals surface area contributed by atoms with Gasteiger partial charge in [-0.05, 0) is 55.3 Å². The molecule has 0 fully saturated rings. The molecule has 0 saturated heterocycles. The quantitative estimate of drug-likeness (QED) is 0.759. The Morgan fingerprint density at radius 2 is 2.04 bits per heavy atom. The van der Waals surface area contributed by atoms with Gasteiger partial charge in [-0.15, -0.1) is 0 Å². The predicted molar refractivity (Wildman–Crippen MR) is 87.9 cm³/mol. The third-order valence-corrected chi connectivity index (χ3v) is 3.80. The smallest absolute Gasteiger partial charge is 0.141 e. The largest absolute Gasteiger partial charge is 0.310 e. The van der Waals surface area contributed by atoms with Crippen molar-refractivity contribution in [1.29, 1.82) is 0 Å². The van der Waals surface area contributed by atoms with Gasteiger partial charge in [0.1, 0.15) is 5.82 Å². The number of benzene rings is 1. The van der Waals surface area contributed by atoms with Crippen LogP contribution >= 0.6 is 0 Å². The first-order valence-electron chi connectivity index (χ1n) is 7.65. The maximum Gasteiger partial charge on any atom is 0.141 e. The molecule has 0 aliphatic rings. The number of pyridine rings is 1. The predicted octanol–water partition coefficient (Wildman–Crippen LogP) is 3.30. The normalized spacial score (nSPS) is 12.3. The molecular weight excluding hydrogens is 291 g/mol. The number of nitrogens with one attached hydrogen (secondary N) is 1. The average molecular weight is 310 g/mol. The number of nitrogens with zero attached hydrogens (tertiary/aromatic N) is 3. The lowest BCUT2D eigenvalue weighted by atomic mass is 10.1. The molecule has 23 heavy (non-hydrogen) atoms. The monoisotopic (exact) mass is 310 g/mol. The minimum absolute atomic E-state index is 0.0709. The van der Waals surface area contributed by atoms with E-state index in [1.165, 1.54) is 17.8 Å². The Balaban J connectivity index is 1.52. The second kappa shape index (κ2) is 7.15. The van der Waals surface area contributed by atoms with Crippen LogP contribution in [0.5, 0.6) is 0 Å². The maximum atomic E-state index is 13.2. The number of halogens is 1. The molecule has 0 saturated carbocycles. The molecule has 5 heteroatoms. The Hall–Kier alpha value is -2.53. The number of rotatable bonds is 6. The first-order chi connectivity index (χ1) is 11.2. The molecule has 3 rings (SSSR count). The van der Waals surface area contributed by atoms with Crippen LogP contribution in [0, 0.1) is 5.82 Å². The Morgan fingerprint density at radius 1 is 1.22 bits per heavy atom. The van der Waals surface area contributed by atoms with E-state index in [0.29, 0.717) is 0 Å². The van der Waals surface area contributed by atoms with Crippen molar-refractivity contribution in [3.8, 4) is 5.69 Å². The molecule has 4 nitrogen and oxygen atoms in total. The average Bonchev–Trinajstić information content (AvgIpc) is 3.10. The summed E-state index contributed by atoms with van der Waals surface area (Å²) in [5, 5.41) is 7.60. The Morgan fingerprint density at radius 3 is 2.74 bits per heavy atom. The van der Waals surface area contributed by atoms with Crippen molar-refractivity contribution in [2.24, 2.45) is 0 Å². The third-order valence-electron chi connectivity index (χ3n) is 3.80. The summed E-state index contributed by atoms with van der Waals surface area (Å²) < 4.78 is 15.0. The zero-order chi connectivity index (χ0) is 16.1. The fraction of sp³-hybridized carbons (Fsp3) is 0.222. The molecule has 0 amide bonds. The Labute approximate surface area is 135 Å². The van der Waals surface area contributed by atoms with Gasteiger partial charge in [-0.25, -0.2) is 9.07 Å². The van der Waals surface area contributed by atoms with Crippen LogP contribution in [-0.2, 0) is 6.42 Å². The van der Waals surface area contributed by atoms with E-state index in [-0.39, 0.29) is 11.9 Å². The summed E-state index contributed by atoms with van der Waals surface area (Å²) >= 11 is 0. The molecule has 2 heterocycles. The second-order valence-corrected chi connectivity index (χ2v) is 5.48. The molecule has 118 valence electrons. The van der Waals surface area contributed by atoms with Crippen LogP contribution in [0.3, 0.4) is 0 Å². The lowest BCUT2D eigenvalue weighted by Gasteiger charge is -2.14. The van der Waals surface area contributed by atoms with Gasteiger partial charge in [-0.3, -0.25) is 4.98 Å². The Kier molecular flexibility index (Phi) is 4.78. The fourth-order valence-corrected chi connectivity index (χ4v) is 2.45. The van der Waals surface area contributed by atoms with E-state index in [4.69, 9.17) is 0 Å². The zero-order valence-corrected chi connectivity index (χ0v) is 13.0. The molecule has 0 unspecified atom stereocenters. The van der Waals surface area contributed by atoms with Gasteiger partial charge in [0, 0.05) is 24.6 Å². The van der Waals surface area contributed by atoms with Crippen molar-refractivity contribution in [3.05, 3.63) is 78.1 Å². The summed E-state index contributed by atoms with van der Waals surface area (Å²) in [5.41, 5.74) is 3.16. The van der Waals surface area contributed by atoms with E-state index in [2.05, 4.69) is 39.7 Å². The first kappa shape index (κ1) is 15.4. The van der Waals surface area contributed by atoms with Gasteiger partial charge in [0.25, 0.3) is 0 Å². The molecule has 0 spiro atoms. The summed E-state index contributed by atoms with van der Waals surface area (Å²) in [6.45, 7) is 2.83. The fourth-order valence-electron chi connectivity index (χ4n) is 2.45. The van der Waals surface area contributed by atoms with Gasteiger partial charge in [0.2, 0.25) is 0 Å². The summed E-state index contributed by atoms with van der Waals surface area (Å²) in [5.74, 6) is -0.301. The molecule has 0 bridgehead atoms. The highest BCUT2D eigenvalue weighted by molar-refractivity contribution is 5.33. The van der Waals surface area contributed by atoms with Crippen LogP contribution in [0.2, 0.25) is 0 Å². The van der Waals surface area contributed by atoms with Crippen LogP contribution in [0.15, 0.2) is 61.2 Å². The highest BCUT2D eigenvalue weighted by Gasteiger charge is 2.06. The summed E-state index contributed by atoms with van der Waals surface area (Å²) in [4.78, 5) is 3.88. The number of hydrogen-bond donors (Lipinski definition) is 1. The van der Waals surface area contributed by atoms with Crippen molar-refractivity contribution in [2.45, 2.75) is 19.4 Å². The van der Waals surface area contributed by atoms with Crippen LogP contribution < -0.4 is 5.32 Å². The van der Waals surface area contributed by atoms with Crippen molar-refractivity contribution in [1.82, 2.24) is 20.1 Å². The molecule has 3 aromatic rings. The van der Waals surface area contributed by atoms with E-state index in [9.17, 15) is 4.39 Å². The van der Waals surface area contributed by atoms with E-state index in [1.54, 1.807) is 12.4 Å². The highest BCUT2D eigenvalue weighted by atomic mass is 19.1. The van der Waals surface area contributed by atoms with Crippen molar-refractivity contribution in [3.63, 3.8) is 0 Å². The molecule has 0 radical (unpaired) electrons. The van der Waals surface area contributed by atoms with E-state index in [1.807, 2.05) is 23.9 Å². The SMILES string of the molecule is C[C@H](NCCc1ccc(-n2cccn2)cc1)c1cncc(F)c1. The molecule has 0 aliphatic heterocycles. The van der Waals surface area contributed by atoms with Crippen molar-refractivity contribution >= 4 is 0 Å². The summed E-state index contributed by atoms with van der Waals surface area (Å²) in [6.07, 6.45) is 7.51. The van der Waals surface area contributed by atoms with Gasteiger partial charge < -0.3 is 5.32 Å². The van der Waals surface area contributed by atoms with Crippen molar-refractivity contribution < 1.29 is 4.39 Å². The van der Waals surface area contributed by atoms with Gasteiger partial charge >= 0.3 is 0 Å². The van der Waals surface area contributed by atoms with Crippen LogP contribution in [-0.4, -0.2) is 21.3 Å². The summed E-state index contributed by atoms with van der Waals surface area (Å²) in [6, 6.07) is 11.8. The van der Waals surface area contributed by atoms with Gasteiger partial charge in [-0.2, -0.15) is 5.10 Å². The van der Waals surface area contributed by atoms with E-state index < -0.39 is 0 Å². The van der Waals surface area contributed by atoms with E-state index in [0.717, 1.165) is 24.2 Å². The minimum atomic E-state index is -0.301. The molecule has 1 aromatic carbocycles.